The summed E-state index contributed by atoms with van der Waals surface area (Å²) in [6.45, 7) is 1.38. The molecule has 1 heterocycles. The summed E-state index contributed by atoms with van der Waals surface area (Å²) < 4.78 is 41.6. The fourth-order valence-electron chi connectivity index (χ4n) is 2.62. The molecule has 0 saturated heterocycles. The maximum atomic E-state index is 12.6. The van der Waals surface area contributed by atoms with Gasteiger partial charge in [0.25, 0.3) is 0 Å². The van der Waals surface area contributed by atoms with Gasteiger partial charge < -0.3 is 20.5 Å². The van der Waals surface area contributed by atoms with Crippen molar-refractivity contribution in [3.05, 3.63) is 59.1 Å². The van der Waals surface area contributed by atoms with Crippen molar-refractivity contribution in [2.75, 3.05) is 17.2 Å². The molecule has 7 nitrogen and oxygen atoms in total. The summed E-state index contributed by atoms with van der Waals surface area (Å²) in [5, 5.41) is 15.1. The number of nitrogens with one attached hydrogen (secondary N) is 2. The first-order chi connectivity index (χ1) is 14.6. The molecule has 0 radical (unpaired) electrons. The van der Waals surface area contributed by atoms with Crippen LogP contribution in [0.3, 0.4) is 0 Å². The number of halogens is 4. The SMILES string of the molecule is Cc1cc(Nc2cc(-c3cccc(OC(F)(F)F)c3)nc(NCC(=O)O)n2)ccc1Cl. The lowest BCUT2D eigenvalue weighted by Gasteiger charge is -2.13. The molecule has 0 aliphatic heterocycles. The van der Waals surface area contributed by atoms with Crippen molar-refractivity contribution < 1.29 is 27.8 Å². The van der Waals surface area contributed by atoms with Crippen LogP contribution in [0.2, 0.25) is 5.02 Å². The summed E-state index contributed by atoms with van der Waals surface area (Å²) in [5.41, 5.74) is 2.05. The second-order valence-electron chi connectivity index (χ2n) is 6.37. The Morgan fingerprint density at radius 1 is 1.16 bits per heavy atom. The van der Waals surface area contributed by atoms with Gasteiger partial charge in [0.1, 0.15) is 18.1 Å². The van der Waals surface area contributed by atoms with Crippen LogP contribution in [0.1, 0.15) is 5.56 Å². The van der Waals surface area contributed by atoms with E-state index in [2.05, 4.69) is 25.3 Å². The minimum Gasteiger partial charge on any atom is -0.480 e. The molecule has 31 heavy (non-hydrogen) atoms. The van der Waals surface area contributed by atoms with Gasteiger partial charge in [-0.05, 0) is 42.8 Å². The second kappa shape index (κ2) is 9.09. The van der Waals surface area contributed by atoms with Crippen molar-refractivity contribution in [2.24, 2.45) is 0 Å². The molecule has 3 aromatic rings. The van der Waals surface area contributed by atoms with Gasteiger partial charge in [-0.15, -0.1) is 13.2 Å². The molecule has 2 aromatic carbocycles. The zero-order chi connectivity index (χ0) is 22.6. The second-order valence-corrected chi connectivity index (χ2v) is 6.78. The smallest absolute Gasteiger partial charge is 0.480 e. The van der Waals surface area contributed by atoms with Gasteiger partial charge >= 0.3 is 12.3 Å². The van der Waals surface area contributed by atoms with E-state index in [1.165, 1.54) is 18.2 Å². The molecule has 3 N–H and O–H groups in total. The van der Waals surface area contributed by atoms with Crippen molar-refractivity contribution in [3.8, 4) is 17.0 Å². The van der Waals surface area contributed by atoms with Crippen LogP contribution in [0.25, 0.3) is 11.3 Å². The van der Waals surface area contributed by atoms with E-state index < -0.39 is 24.6 Å². The number of aliphatic carboxylic acids is 1. The first-order valence-corrected chi connectivity index (χ1v) is 9.21. The summed E-state index contributed by atoms with van der Waals surface area (Å²) in [4.78, 5) is 19.3. The maximum Gasteiger partial charge on any atom is 0.573 e. The van der Waals surface area contributed by atoms with Crippen molar-refractivity contribution in [1.29, 1.82) is 0 Å². The lowest BCUT2D eigenvalue weighted by Crippen LogP contribution is -2.17. The molecule has 11 heteroatoms. The Kier molecular flexibility index (Phi) is 6.50. The lowest BCUT2D eigenvalue weighted by atomic mass is 10.1. The number of hydrogen-bond acceptors (Lipinski definition) is 6. The minimum atomic E-state index is -4.84. The molecule has 162 valence electrons. The number of carbonyl (C=O) groups is 1. The number of nitrogens with zero attached hydrogens (tertiary/aromatic N) is 2. The number of carboxylic acid groups (broad SMARTS) is 1. The number of anilines is 3. The van der Waals surface area contributed by atoms with Crippen LogP contribution >= 0.6 is 11.6 Å². The number of alkyl halides is 3. The number of hydrogen-bond donors (Lipinski definition) is 3. The molecule has 0 fully saturated rings. The van der Waals surface area contributed by atoms with Gasteiger partial charge in [-0.1, -0.05) is 23.7 Å². The standard InChI is InChI=1S/C20H16ClF3N4O3/c1-11-7-13(5-6-15(11)21)26-17-9-16(27-19(28-17)25-10-18(29)30)12-3-2-4-14(8-12)31-20(22,23)24/h2-9H,10H2,1H3,(H,29,30)(H2,25,26,27,28). The third kappa shape index (κ3) is 6.48. The predicted octanol–water partition coefficient (Wildman–Crippen LogP) is 5.24. The molecule has 0 bridgehead atoms. The van der Waals surface area contributed by atoms with Crippen LogP contribution in [0, 0.1) is 6.92 Å². The van der Waals surface area contributed by atoms with E-state index in [1.54, 1.807) is 24.3 Å². The fourth-order valence-corrected chi connectivity index (χ4v) is 2.73. The molecule has 0 unspecified atom stereocenters. The summed E-state index contributed by atoms with van der Waals surface area (Å²) in [6, 6.07) is 12.0. The number of rotatable bonds is 7. The number of carboxylic acids is 1. The molecule has 0 spiro atoms. The third-order valence-corrected chi connectivity index (χ3v) is 4.34. The maximum absolute atomic E-state index is 12.6. The molecule has 0 amide bonds. The highest BCUT2D eigenvalue weighted by molar-refractivity contribution is 6.31. The van der Waals surface area contributed by atoms with E-state index in [1.807, 2.05) is 6.92 Å². The molecule has 0 aliphatic rings. The highest BCUT2D eigenvalue weighted by Crippen LogP contribution is 2.29. The zero-order valence-electron chi connectivity index (χ0n) is 16.0. The van der Waals surface area contributed by atoms with Crippen molar-refractivity contribution in [1.82, 2.24) is 9.97 Å². The van der Waals surface area contributed by atoms with Crippen LogP contribution < -0.4 is 15.4 Å². The summed E-state index contributed by atoms with van der Waals surface area (Å²) in [5.74, 6) is -1.26. The molecule has 0 saturated carbocycles. The zero-order valence-corrected chi connectivity index (χ0v) is 16.8. The fraction of sp³-hybridized carbons (Fsp3) is 0.150. The highest BCUT2D eigenvalue weighted by Gasteiger charge is 2.31. The number of aromatic nitrogens is 2. The number of aryl methyl sites for hydroxylation is 1. The van der Waals surface area contributed by atoms with Crippen LogP contribution in [-0.2, 0) is 4.79 Å². The summed E-state index contributed by atoms with van der Waals surface area (Å²) >= 11 is 6.03. The predicted molar refractivity (Wildman–Crippen MR) is 110 cm³/mol. The van der Waals surface area contributed by atoms with E-state index in [-0.39, 0.29) is 11.6 Å². The largest absolute Gasteiger partial charge is 0.573 e. The topological polar surface area (TPSA) is 96.4 Å². The Balaban J connectivity index is 1.98. The Bertz CT molecular complexity index is 1110. The van der Waals surface area contributed by atoms with Crippen LogP contribution in [0.15, 0.2) is 48.5 Å². The molecular formula is C20H16ClF3N4O3. The van der Waals surface area contributed by atoms with Crippen molar-refractivity contribution >= 4 is 35.0 Å². The van der Waals surface area contributed by atoms with Gasteiger partial charge in [0.2, 0.25) is 5.95 Å². The molecule has 3 rings (SSSR count). The highest BCUT2D eigenvalue weighted by atomic mass is 35.5. The Hall–Kier alpha value is -3.53. The molecule has 0 atom stereocenters. The summed E-state index contributed by atoms with van der Waals surface area (Å²) in [7, 11) is 0. The lowest BCUT2D eigenvalue weighted by molar-refractivity contribution is -0.274. The van der Waals surface area contributed by atoms with Gasteiger partial charge in [-0.3, -0.25) is 4.79 Å². The van der Waals surface area contributed by atoms with Crippen LogP contribution in [0.4, 0.5) is 30.6 Å². The van der Waals surface area contributed by atoms with Gasteiger partial charge in [0.05, 0.1) is 5.69 Å². The van der Waals surface area contributed by atoms with Gasteiger partial charge in [0, 0.05) is 22.3 Å². The first kappa shape index (κ1) is 22.2. The van der Waals surface area contributed by atoms with Gasteiger partial charge in [-0.2, -0.15) is 4.98 Å². The van der Waals surface area contributed by atoms with Crippen LogP contribution in [-0.4, -0.2) is 34.0 Å². The third-order valence-electron chi connectivity index (χ3n) is 3.92. The number of ether oxygens (including phenoxy) is 1. The van der Waals surface area contributed by atoms with E-state index in [0.717, 1.165) is 11.6 Å². The average molecular weight is 453 g/mol. The van der Waals surface area contributed by atoms with E-state index in [9.17, 15) is 18.0 Å². The molecular weight excluding hydrogens is 437 g/mol. The molecule has 0 aliphatic carbocycles. The molecule has 1 aromatic heterocycles. The van der Waals surface area contributed by atoms with E-state index in [0.29, 0.717) is 22.1 Å². The number of benzene rings is 2. The monoisotopic (exact) mass is 452 g/mol. The Morgan fingerprint density at radius 2 is 1.94 bits per heavy atom. The Labute approximate surface area is 179 Å². The summed E-state index contributed by atoms with van der Waals surface area (Å²) in [6.07, 6.45) is -4.84. The van der Waals surface area contributed by atoms with Gasteiger partial charge in [0.15, 0.2) is 0 Å². The average Bonchev–Trinajstić information content (AvgIpc) is 2.68. The van der Waals surface area contributed by atoms with Crippen molar-refractivity contribution in [2.45, 2.75) is 13.3 Å². The normalized spacial score (nSPS) is 11.1. The van der Waals surface area contributed by atoms with E-state index in [4.69, 9.17) is 16.7 Å². The van der Waals surface area contributed by atoms with Crippen LogP contribution in [0.5, 0.6) is 5.75 Å². The van der Waals surface area contributed by atoms with Crippen molar-refractivity contribution in [3.63, 3.8) is 0 Å². The first-order valence-electron chi connectivity index (χ1n) is 8.83. The quantitative estimate of drug-likeness (QED) is 0.451. The van der Waals surface area contributed by atoms with Gasteiger partial charge in [-0.25, -0.2) is 4.98 Å². The Morgan fingerprint density at radius 3 is 2.61 bits per heavy atom. The van der Waals surface area contributed by atoms with E-state index >= 15 is 0 Å². The minimum absolute atomic E-state index is 0.0183.